The monoisotopic (exact) mass is 575 g/mol. The normalized spacial score (nSPS) is 26.0. The first-order valence-electron chi connectivity index (χ1n) is 13.6. The molecule has 0 bridgehead atoms. The molecule has 2 aliphatic heterocycles. The lowest BCUT2D eigenvalue weighted by Gasteiger charge is -2.38. The van der Waals surface area contributed by atoms with Crippen LogP contribution in [-0.2, 0) is 25.6 Å². The van der Waals surface area contributed by atoms with E-state index in [1.165, 1.54) is 25.7 Å². The quantitative estimate of drug-likeness (QED) is 0.480. The van der Waals surface area contributed by atoms with Crippen LogP contribution in [0, 0.1) is 46.8 Å². The van der Waals surface area contributed by atoms with Crippen LogP contribution in [0.25, 0.3) is 0 Å². The Balaban J connectivity index is 1.52. The second-order valence-corrected chi connectivity index (χ2v) is 13.1. The van der Waals surface area contributed by atoms with E-state index in [4.69, 9.17) is 0 Å². The second-order valence-electron chi connectivity index (χ2n) is 13.1. The number of halogens is 3. The molecule has 0 radical (unpaired) electrons. The van der Waals surface area contributed by atoms with Crippen LogP contribution in [-0.4, -0.2) is 59.4 Å². The van der Waals surface area contributed by atoms with Crippen LogP contribution in [0.1, 0.15) is 52.2 Å². The number of hydrogen-bond donors (Lipinski definition) is 3. The average molecular weight is 576 g/mol. The molecule has 4 amide bonds. The summed E-state index contributed by atoms with van der Waals surface area (Å²) in [5, 5.41) is 17.2. The number of benzene rings is 1. The Labute approximate surface area is 237 Å². The summed E-state index contributed by atoms with van der Waals surface area (Å²) in [6.07, 6.45) is -4.74. The van der Waals surface area contributed by atoms with Crippen LogP contribution in [0.5, 0.6) is 0 Å². The number of amides is 4. The van der Waals surface area contributed by atoms with E-state index in [1.807, 2.05) is 50.4 Å². The van der Waals surface area contributed by atoms with Crippen molar-refractivity contribution in [3.63, 3.8) is 0 Å². The van der Waals surface area contributed by atoms with Gasteiger partial charge in [-0.15, -0.1) is 0 Å². The zero-order chi connectivity index (χ0) is 30.7. The molecule has 1 saturated carbocycles. The summed E-state index contributed by atoms with van der Waals surface area (Å²) in [5.41, 5.74) is 1.29. The number of nitriles is 1. The molecule has 3 aliphatic rings. The van der Waals surface area contributed by atoms with Gasteiger partial charge in [0.2, 0.25) is 17.7 Å². The minimum atomic E-state index is -5.18. The van der Waals surface area contributed by atoms with E-state index in [-0.39, 0.29) is 36.1 Å². The zero-order valence-electron chi connectivity index (χ0n) is 24.0. The van der Waals surface area contributed by atoms with Gasteiger partial charge in [-0.3, -0.25) is 19.2 Å². The minimum Gasteiger partial charge on any atom is -0.339 e. The first-order valence-corrected chi connectivity index (χ1v) is 13.6. The van der Waals surface area contributed by atoms with Gasteiger partial charge in [0.15, 0.2) is 0 Å². The predicted octanol–water partition coefficient (Wildman–Crippen LogP) is 3.08. The van der Waals surface area contributed by atoms with Crippen LogP contribution in [0.15, 0.2) is 18.2 Å². The number of rotatable bonds is 6. The van der Waals surface area contributed by atoms with Crippen molar-refractivity contribution in [2.24, 2.45) is 28.6 Å². The van der Waals surface area contributed by atoms with Gasteiger partial charge in [-0.25, -0.2) is 0 Å². The Morgan fingerprint density at radius 3 is 2.44 bits per heavy atom. The van der Waals surface area contributed by atoms with Crippen LogP contribution in [0.3, 0.4) is 0 Å². The van der Waals surface area contributed by atoms with Crippen LogP contribution in [0.4, 0.5) is 18.9 Å². The summed E-state index contributed by atoms with van der Waals surface area (Å²) in [6.45, 7) is 10.6. The van der Waals surface area contributed by atoms with Crippen LogP contribution in [0.2, 0.25) is 0 Å². The third kappa shape index (κ3) is 5.90. The van der Waals surface area contributed by atoms with E-state index in [0.29, 0.717) is 12.1 Å². The number of anilines is 1. The lowest BCUT2D eigenvalue weighted by atomic mass is 9.85. The molecule has 41 heavy (non-hydrogen) atoms. The maximum Gasteiger partial charge on any atom is 0.471 e. The van der Waals surface area contributed by atoms with Crippen molar-refractivity contribution in [1.29, 1.82) is 5.26 Å². The molecule has 0 spiro atoms. The molecule has 6 atom stereocenters. The molecule has 2 heterocycles. The maximum absolute atomic E-state index is 13.7. The zero-order valence-corrected chi connectivity index (χ0v) is 24.0. The van der Waals surface area contributed by atoms with E-state index in [9.17, 15) is 37.6 Å². The smallest absolute Gasteiger partial charge is 0.339 e. The fourth-order valence-electron chi connectivity index (χ4n) is 6.32. The van der Waals surface area contributed by atoms with Crippen molar-refractivity contribution in [3.05, 3.63) is 29.3 Å². The van der Waals surface area contributed by atoms with E-state index in [2.05, 4.69) is 10.6 Å². The number of piperidine rings is 1. The maximum atomic E-state index is 13.7. The molecule has 1 saturated heterocycles. The van der Waals surface area contributed by atoms with Crippen molar-refractivity contribution in [3.8, 4) is 6.07 Å². The highest BCUT2D eigenvalue weighted by Gasteiger charge is 2.70. The van der Waals surface area contributed by atoms with Crippen LogP contribution >= 0.6 is 0 Å². The molecule has 1 aromatic carbocycles. The number of hydrogen-bond acceptors (Lipinski definition) is 5. The van der Waals surface area contributed by atoms with Crippen molar-refractivity contribution in [2.75, 3.05) is 11.9 Å². The molecular formula is C29H36F3N5O4. The molecule has 0 aromatic heterocycles. The Morgan fingerprint density at radius 1 is 1.20 bits per heavy atom. The Hall–Kier alpha value is -3.62. The highest BCUT2D eigenvalue weighted by Crippen LogP contribution is 2.65. The number of carbonyl (C=O) groups is 4. The molecule has 3 N–H and O–H groups in total. The Morgan fingerprint density at radius 2 is 1.85 bits per heavy atom. The van der Waals surface area contributed by atoms with Gasteiger partial charge in [0.25, 0.3) is 0 Å². The highest BCUT2D eigenvalue weighted by atomic mass is 19.4. The van der Waals surface area contributed by atoms with Gasteiger partial charge in [0.1, 0.15) is 18.1 Å². The lowest BCUT2D eigenvalue weighted by Crippen LogP contribution is -2.61. The highest BCUT2D eigenvalue weighted by molar-refractivity contribution is 5.96. The topological polar surface area (TPSA) is 131 Å². The van der Waals surface area contributed by atoms with E-state index < -0.39 is 53.4 Å². The lowest BCUT2D eigenvalue weighted by molar-refractivity contribution is -0.176. The molecule has 2 fully saturated rings. The molecule has 4 rings (SSSR count). The first-order chi connectivity index (χ1) is 18.9. The molecule has 1 aromatic rings. The van der Waals surface area contributed by atoms with Gasteiger partial charge in [-0.05, 0) is 54.1 Å². The van der Waals surface area contributed by atoms with Crippen molar-refractivity contribution < 1.29 is 32.3 Å². The Kier molecular flexibility index (Phi) is 7.65. The van der Waals surface area contributed by atoms with E-state index >= 15 is 0 Å². The summed E-state index contributed by atoms with van der Waals surface area (Å²) in [4.78, 5) is 53.1. The number of nitrogens with one attached hydrogen (secondary N) is 3. The van der Waals surface area contributed by atoms with Crippen molar-refractivity contribution in [2.45, 2.75) is 78.7 Å². The first kappa shape index (κ1) is 30.3. The van der Waals surface area contributed by atoms with E-state index in [0.717, 1.165) is 11.1 Å². The molecular weight excluding hydrogens is 539 g/mol. The molecule has 222 valence electrons. The molecule has 1 aliphatic carbocycles. The second kappa shape index (κ2) is 10.3. The van der Waals surface area contributed by atoms with Gasteiger partial charge < -0.3 is 20.9 Å². The van der Waals surface area contributed by atoms with Gasteiger partial charge in [-0.2, -0.15) is 18.4 Å². The minimum absolute atomic E-state index is 0.0475. The largest absolute Gasteiger partial charge is 0.471 e. The van der Waals surface area contributed by atoms with Gasteiger partial charge >= 0.3 is 12.1 Å². The van der Waals surface area contributed by atoms with Crippen molar-refractivity contribution >= 4 is 29.3 Å². The standard InChI is InChI=1S/C29H36F3N5O4/c1-14-7-8-19-15(9-14)10-16(23(38)35-19)11-17(12-33)34-24(39)21-20-18(28(20,5)6)13-37(21)25(40)22(27(2,3)4)36-26(41)29(30,31)32/h7-9,16-18,20-22H,10-11,13H2,1-6H3,(H,34,39)(H,35,38)(H,36,41)/t16-,17+,18-,20+,21-,22+/m0/s1. The third-order valence-electron chi connectivity index (χ3n) is 8.75. The fraction of sp³-hybridized carbons (Fsp3) is 0.621. The molecule has 12 heteroatoms. The number of likely N-dealkylation sites (tertiary alicyclic amines) is 1. The van der Waals surface area contributed by atoms with Crippen molar-refractivity contribution in [1.82, 2.24) is 15.5 Å². The third-order valence-corrected chi connectivity index (χ3v) is 8.75. The SMILES string of the molecule is Cc1ccc2c(c1)C[C@@H](C[C@H](C#N)NC(=O)[C@@H]1[C@H]3[C@H](CN1C(=O)[C@@H](NC(=O)C(F)(F)F)C(C)(C)C)C3(C)C)C(=O)N2. The molecule has 0 unspecified atom stereocenters. The van der Waals surface area contributed by atoms with Gasteiger partial charge in [-0.1, -0.05) is 52.3 Å². The number of alkyl halides is 3. The van der Waals surface area contributed by atoms with Gasteiger partial charge in [0, 0.05) is 18.2 Å². The number of fused-ring (bicyclic) bond motifs is 2. The van der Waals surface area contributed by atoms with Crippen LogP contribution < -0.4 is 16.0 Å². The molecule has 9 nitrogen and oxygen atoms in total. The average Bonchev–Trinajstić information content (AvgIpc) is 3.19. The van der Waals surface area contributed by atoms with E-state index in [1.54, 1.807) is 0 Å². The number of nitrogens with zero attached hydrogens (tertiary/aromatic N) is 2. The number of aryl methyl sites for hydroxylation is 1. The fourth-order valence-corrected chi connectivity index (χ4v) is 6.32. The summed E-state index contributed by atoms with van der Waals surface area (Å²) < 4.78 is 39.2. The predicted molar refractivity (Wildman–Crippen MR) is 143 cm³/mol. The summed E-state index contributed by atoms with van der Waals surface area (Å²) in [6, 6.07) is 4.11. The summed E-state index contributed by atoms with van der Waals surface area (Å²) in [5.74, 6) is -4.78. The Bertz CT molecular complexity index is 1310. The summed E-state index contributed by atoms with van der Waals surface area (Å²) >= 11 is 0. The van der Waals surface area contributed by atoms with Gasteiger partial charge in [0.05, 0.1) is 6.07 Å². The number of carbonyl (C=O) groups excluding carboxylic acids is 4. The summed E-state index contributed by atoms with van der Waals surface area (Å²) in [7, 11) is 0.